The predicted molar refractivity (Wildman–Crippen MR) is 68.4 cm³/mol. The zero-order valence-corrected chi connectivity index (χ0v) is 11.0. The fourth-order valence-electron chi connectivity index (χ4n) is 1.50. The lowest BCUT2D eigenvalue weighted by Gasteiger charge is -2.03. The van der Waals surface area contributed by atoms with Crippen molar-refractivity contribution < 1.29 is 9.26 Å². The SMILES string of the molecule is COc1ccc(-c2noc(CCC(C)CN)n2)nn1. The first-order valence-corrected chi connectivity index (χ1v) is 6.13. The number of nitrogens with zero attached hydrogens (tertiary/aromatic N) is 4. The maximum Gasteiger partial charge on any atom is 0.233 e. The Hall–Kier alpha value is -2.02. The molecule has 2 aromatic rings. The molecule has 0 aliphatic carbocycles. The molecule has 0 aliphatic heterocycles. The largest absolute Gasteiger partial charge is 0.480 e. The van der Waals surface area contributed by atoms with Crippen molar-refractivity contribution in [2.24, 2.45) is 11.7 Å². The van der Waals surface area contributed by atoms with Crippen molar-refractivity contribution in [3.8, 4) is 17.4 Å². The lowest BCUT2D eigenvalue weighted by molar-refractivity contribution is 0.366. The van der Waals surface area contributed by atoms with E-state index < -0.39 is 0 Å². The summed E-state index contributed by atoms with van der Waals surface area (Å²) in [5.41, 5.74) is 6.12. The van der Waals surface area contributed by atoms with Crippen LogP contribution >= 0.6 is 0 Å². The van der Waals surface area contributed by atoms with Crippen molar-refractivity contribution in [3.63, 3.8) is 0 Å². The molecule has 0 saturated heterocycles. The average molecular weight is 263 g/mol. The Bertz CT molecular complexity index is 511. The molecule has 0 fully saturated rings. The molecule has 0 saturated carbocycles. The molecule has 1 atom stereocenters. The third kappa shape index (κ3) is 3.47. The van der Waals surface area contributed by atoms with Crippen molar-refractivity contribution in [1.29, 1.82) is 0 Å². The van der Waals surface area contributed by atoms with Crippen LogP contribution in [-0.4, -0.2) is 34.0 Å². The van der Waals surface area contributed by atoms with E-state index in [4.69, 9.17) is 15.0 Å². The first kappa shape index (κ1) is 13.4. The van der Waals surface area contributed by atoms with Crippen molar-refractivity contribution >= 4 is 0 Å². The van der Waals surface area contributed by atoms with Gasteiger partial charge in [-0.1, -0.05) is 12.1 Å². The molecule has 0 aliphatic rings. The summed E-state index contributed by atoms with van der Waals surface area (Å²) in [4.78, 5) is 4.28. The third-order valence-electron chi connectivity index (χ3n) is 2.80. The van der Waals surface area contributed by atoms with Crippen LogP contribution in [0.4, 0.5) is 0 Å². The number of ether oxygens (including phenoxy) is 1. The number of hydrogen-bond donors (Lipinski definition) is 1. The molecular weight excluding hydrogens is 246 g/mol. The van der Waals surface area contributed by atoms with Crippen molar-refractivity contribution in [2.75, 3.05) is 13.7 Å². The molecule has 7 heteroatoms. The summed E-state index contributed by atoms with van der Waals surface area (Å²) in [6.45, 7) is 2.75. The highest BCUT2D eigenvalue weighted by Crippen LogP contribution is 2.15. The minimum atomic E-state index is 0.436. The molecule has 19 heavy (non-hydrogen) atoms. The van der Waals surface area contributed by atoms with Crippen LogP contribution in [0.5, 0.6) is 5.88 Å². The fraction of sp³-hybridized carbons (Fsp3) is 0.500. The van der Waals surface area contributed by atoms with Gasteiger partial charge >= 0.3 is 0 Å². The topological polar surface area (TPSA) is 100.0 Å². The number of rotatable bonds is 6. The van der Waals surface area contributed by atoms with Crippen molar-refractivity contribution in [1.82, 2.24) is 20.3 Å². The normalized spacial score (nSPS) is 12.4. The smallest absolute Gasteiger partial charge is 0.233 e. The summed E-state index contributed by atoms with van der Waals surface area (Å²) in [7, 11) is 1.54. The predicted octanol–water partition coefficient (Wildman–Crippen LogP) is 1.06. The minimum absolute atomic E-state index is 0.436. The van der Waals surface area contributed by atoms with Crippen LogP contribution in [0.3, 0.4) is 0 Å². The second kappa shape index (κ2) is 6.24. The maximum atomic E-state index is 5.56. The van der Waals surface area contributed by atoms with E-state index in [0.29, 0.717) is 35.8 Å². The van der Waals surface area contributed by atoms with Crippen LogP contribution in [0, 0.1) is 5.92 Å². The van der Waals surface area contributed by atoms with Crippen molar-refractivity contribution in [3.05, 3.63) is 18.0 Å². The zero-order chi connectivity index (χ0) is 13.7. The summed E-state index contributed by atoms with van der Waals surface area (Å²) in [5, 5.41) is 11.7. The van der Waals surface area contributed by atoms with Crippen LogP contribution < -0.4 is 10.5 Å². The van der Waals surface area contributed by atoms with E-state index in [9.17, 15) is 0 Å². The Morgan fingerprint density at radius 2 is 2.21 bits per heavy atom. The number of aryl methyl sites for hydroxylation is 1. The molecule has 0 amide bonds. The Labute approximate surface area is 111 Å². The fourth-order valence-corrected chi connectivity index (χ4v) is 1.50. The molecule has 7 nitrogen and oxygen atoms in total. The molecule has 1 unspecified atom stereocenters. The van der Waals surface area contributed by atoms with Gasteiger partial charge in [-0.25, -0.2) is 0 Å². The van der Waals surface area contributed by atoms with E-state index in [1.54, 1.807) is 12.1 Å². The molecular formula is C12H17N5O2. The molecule has 2 rings (SSSR count). The summed E-state index contributed by atoms with van der Waals surface area (Å²) >= 11 is 0. The van der Waals surface area contributed by atoms with Crippen molar-refractivity contribution in [2.45, 2.75) is 19.8 Å². The van der Waals surface area contributed by atoms with Crippen LogP contribution in [-0.2, 0) is 6.42 Å². The molecule has 0 aromatic carbocycles. The molecule has 2 N–H and O–H groups in total. The van der Waals surface area contributed by atoms with E-state index >= 15 is 0 Å². The number of aromatic nitrogens is 4. The molecule has 0 spiro atoms. The second-order valence-electron chi connectivity index (χ2n) is 4.35. The van der Waals surface area contributed by atoms with Gasteiger partial charge in [-0.05, 0) is 24.9 Å². The van der Waals surface area contributed by atoms with Gasteiger partial charge in [0.15, 0.2) is 0 Å². The highest BCUT2D eigenvalue weighted by Gasteiger charge is 2.11. The van der Waals surface area contributed by atoms with Gasteiger partial charge < -0.3 is 15.0 Å². The summed E-state index contributed by atoms with van der Waals surface area (Å²) < 4.78 is 10.1. The van der Waals surface area contributed by atoms with E-state index in [2.05, 4.69) is 27.3 Å². The molecule has 0 radical (unpaired) electrons. The maximum absolute atomic E-state index is 5.56. The monoisotopic (exact) mass is 263 g/mol. The number of nitrogens with two attached hydrogens (primary N) is 1. The average Bonchev–Trinajstić information content (AvgIpc) is 2.93. The van der Waals surface area contributed by atoms with Crippen LogP contribution in [0.2, 0.25) is 0 Å². The van der Waals surface area contributed by atoms with Gasteiger partial charge in [0.1, 0.15) is 5.69 Å². The van der Waals surface area contributed by atoms with Crippen LogP contribution in [0.25, 0.3) is 11.5 Å². The number of methoxy groups -OCH3 is 1. The standard InChI is InChI=1S/C12H17N5O2/c1-8(7-13)3-5-10-14-12(17-19-10)9-4-6-11(18-2)16-15-9/h4,6,8H,3,5,7,13H2,1-2H3. The highest BCUT2D eigenvalue weighted by atomic mass is 16.5. The van der Waals surface area contributed by atoms with Gasteiger partial charge in [-0.15, -0.1) is 10.2 Å². The van der Waals surface area contributed by atoms with E-state index in [1.165, 1.54) is 7.11 Å². The quantitative estimate of drug-likeness (QED) is 0.831. The lowest BCUT2D eigenvalue weighted by Crippen LogP contribution is -2.11. The summed E-state index contributed by atoms with van der Waals surface area (Å²) in [6, 6.07) is 3.44. The zero-order valence-electron chi connectivity index (χ0n) is 11.0. The van der Waals surface area contributed by atoms with Gasteiger partial charge in [0, 0.05) is 12.5 Å². The van der Waals surface area contributed by atoms with Gasteiger partial charge in [0.25, 0.3) is 0 Å². The Kier molecular flexibility index (Phi) is 4.40. The van der Waals surface area contributed by atoms with E-state index in [1.807, 2.05) is 0 Å². The highest BCUT2D eigenvalue weighted by molar-refractivity contribution is 5.47. The van der Waals surface area contributed by atoms with E-state index in [-0.39, 0.29) is 0 Å². The lowest BCUT2D eigenvalue weighted by atomic mass is 10.1. The van der Waals surface area contributed by atoms with Gasteiger partial charge in [-0.3, -0.25) is 0 Å². The summed E-state index contributed by atoms with van der Waals surface area (Å²) in [6.07, 6.45) is 1.64. The van der Waals surface area contributed by atoms with Gasteiger partial charge in [0.05, 0.1) is 7.11 Å². The summed E-state index contributed by atoms with van der Waals surface area (Å²) in [5.74, 6) is 1.92. The van der Waals surface area contributed by atoms with E-state index in [0.717, 1.165) is 12.8 Å². The van der Waals surface area contributed by atoms with Gasteiger partial charge in [0.2, 0.25) is 17.6 Å². The third-order valence-corrected chi connectivity index (χ3v) is 2.80. The molecule has 2 aromatic heterocycles. The second-order valence-corrected chi connectivity index (χ2v) is 4.35. The Balaban J connectivity index is 2.03. The van der Waals surface area contributed by atoms with Gasteiger partial charge in [-0.2, -0.15) is 4.98 Å². The molecule has 2 heterocycles. The van der Waals surface area contributed by atoms with Crippen LogP contribution in [0.1, 0.15) is 19.2 Å². The van der Waals surface area contributed by atoms with Crippen LogP contribution in [0.15, 0.2) is 16.7 Å². The number of hydrogen-bond acceptors (Lipinski definition) is 7. The Morgan fingerprint density at radius 3 is 2.84 bits per heavy atom. The Morgan fingerprint density at radius 1 is 1.37 bits per heavy atom. The minimum Gasteiger partial charge on any atom is -0.480 e. The molecule has 0 bridgehead atoms. The first-order valence-electron chi connectivity index (χ1n) is 6.13. The first-order chi connectivity index (χ1) is 9.22. The molecule has 102 valence electrons.